The quantitative estimate of drug-likeness (QED) is 0.907. The molecule has 0 spiro atoms. The van der Waals surface area contributed by atoms with E-state index in [0.717, 1.165) is 16.8 Å². The van der Waals surface area contributed by atoms with Crippen LogP contribution in [0.3, 0.4) is 0 Å². The normalized spacial score (nSPS) is 17.4. The molecule has 136 valence electrons. The van der Waals surface area contributed by atoms with Crippen LogP contribution in [0.4, 0.5) is 5.69 Å². The second-order valence-corrected chi connectivity index (χ2v) is 7.95. The molecule has 0 saturated carbocycles. The van der Waals surface area contributed by atoms with Gasteiger partial charge in [-0.3, -0.25) is 9.59 Å². The Kier molecular flexibility index (Phi) is 5.12. The highest BCUT2D eigenvalue weighted by molar-refractivity contribution is 5.97. The molecule has 2 aromatic rings. The van der Waals surface area contributed by atoms with Crippen molar-refractivity contribution in [3.8, 4) is 0 Å². The summed E-state index contributed by atoms with van der Waals surface area (Å²) in [7, 11) is 0. The van der Waals surface area contributed by atoms with Crippen molar-refractivity contribution in [1.82, 2.24) is 4.90 Å². The number of benzene rings is 2. The number of amides is 2. The predicted molar refractivity (Wildman–Crippen MR) is 104 cm³/mol. The second kappa shape index (κ2) is 7.32. The Morgan fingerprint density at radius 2 is 1.73 bits per heavy atom. The minimum atomic E-state index is -0.306. The Bertz CT molecular complexity index is 793. The summed E-state index contributed by atoms with van der Waals surface area (Å²) in [5, 5.41) is 3.05. The first-order valence-electron chi connectivity index (χ1n) is 9.06. The summed E-state index contributed by atoms with van der Waals surface area (Å²) in [6, 6.07) is 17.8. The lowest BCUT2D eigenvalue weighted by molar-refractivity contribution is -0.128. The van der Waals surface area contributed by atoms with Crippen molar-refractivity contribution >= 4 is 17.5 Å². The van der Waals surface area contributed by atoms with Gasteiger partial charge in [-0.05, 0) is 22.6 Å². The maximum Gasteiger partial charge on any atom is 0.229 e. The number of nitrogens with one attached hydrogen (secondary N) is 1. The Balaban J connectivity index is 1.68. The summed E-state index contributed by atoms with van der Waals surface area (Å²) in [6.07, 6.45) is 0.274. The van der Waals surface area contributed by atoms with E-state index in [1.807, 2.05) is 54.6 Å². The molecule has 3 rings (SSSR count). The number of hydrogen-bond donors (Lipinski definition) is 1. The Morgan fingerprint density at radius 1 is 1.08 bits per heavy atom. The van der Waals surface area contributed by atoms with E-state index in [2.05, 4.69) is 26.1 Å². The highest BCUT2D eigenvalue weighted by Crippen LogP contribution is 2.30. The number of nitrogens with zero attached hydrogens (tertiary/aromatic N) is 1. The summed E-state index contributed by atoms with van der Waals surface area (Å²) in [4.78, 5) is 26.8. The van der Waals surface area contributed by atoms with Gasteiger partial charge in [0.05, 0.1) is 5.92 Å². The summed E-state index contributed by atoms with van der Waals surface area (Å²) >= 11 is 0. The molecule has 2 amide bonds. The highest BCUT2D eigenvalue weighted by atomic mass is 16.2. The van der Waals surface area contributed by atoms with Crippen LogP contribution in [-0.2, 0) is 21.5 Å². The number of likely N-dealkylation sites (tertiary alicyclic amines) is 1. The van der Waals surface area contributed by atoms with E-state index in [0.29, 0.717) is 13.1 Å². The van der Waals surface area contributed by atoms with E-state index in [9.17, 15) is 9.59 Å². The zero-order chi connectivity index (χ0) is 18.7. The van der Waals surface area contributed by atoms with Crippen LogP contribution in [0.1, 0.15) is 38.3 Å². The maximum atomic E-state index is 12.7. The number of anilines is 1. The van der Waals surface area contributed by atoms with Gasteiger partial charge in [0.1, 0.15) is 0 Å². The Labute approximate surface area is 155 Å². The van der Waals surface area contributed by atoms with Crippen LogP contribution >= 0.6 is 0 Å². The number of carbonyl (C=O) groups is 2. The lowest BCUT2D eigenvalue weighted by Crippen LogP contribution is -2.28. The van der Waals surface area contributed by atoms with E-state index in [1.165, 1.54) is 0 Å². The monoisotopic (exact) mass is 350 g/mol. The van der Waals surface area contributed by atoms with Gasteiger partial charge in [0, 0.05) is 25.2 Å². The van der Waals surface area contributed by atoms with Crippen molar-refractivity contribution in [2.45, 2.75) is 39.2 Å². The summed E-state index contributed by atoms with van der Waals surface area (Å²) in [5.74, 6) is -0.344. The Hall–Kier alpha value is -2.62. The molecule has 1 atom stereocenters. The van der Waals surface area contributed by atoms with Crippen molar-refractivity contribution in [3.63, 3.8) is 0 Å². The minimum Gasteiger partial charge on any atom is -0.338 e. The van der Waals surface area contributed by atoms with Crippen molar-refractivity contribution < 1.29 is 9.59 Å². The third-order valence-electron chi connectivity index (χ3n) is 4.79. The average Bonchev–Trinajstić information content (AvgIpc) is 2.96. The number of hydrogen-bond acceptors (Lipinski definition) is 2. The van der Waals surface area contributed by atoms with Crippen LogP contribution < -0.4 is 5.32 Å². The van der Waals surface area contributed by atoms with Crippen molar-refractivity contribution in [2.24, 2.45) is 5.92 Å². The van der Waals surface area contributed by atoms with E-state index >= 15 is 0 Å². The molecule has 1 N–H and O–H groups in total. The van der Waals surface area contributed by atoms with E-state index in [-0.39, 0.29) is 29.6 Å². The van der Waals surface area contributed by atoms with Gasteiger partial charge in [0.25, 0.3) is 0 Å². The fraction of sp³-hybridized carbons (Fsp3) is 0.364. The van der Waals surface area contributed by atoms with Crippen LogP contribution in [0.2, 0.25) is 0 Å². The molecule has 4 heteroatoms. The SMILES string of the molecule is CC(C)(C)c1ccccc1NC(=O)[C@H]1CC(=O)N(Cc2ccccc2)C1. The molecule has 1 heterocycles. The molecule has 2 aromatic carbocycles. The zero-order valence-corrected chi connectivity index (χ0v) is 15.7. The summed E-state index contributed by atoms with van der Waals surface area (Å²) in [6.45, 7) is 7.40. The van der Waals surface area contributed by atoms with Crippen LogP contribution in [0.5, 0.6) is 0 Å². The molecule has 0 aromatic heterocycles. The van der Waals surface area contributed by atoms with Crippen LogP contribution in [-0.4, -0.2) is 23.3 Å². The van der Waals surface area contributed by atoms with Gasteiger partial charge in [-0.15, -0.1) is 0 Å². The van der Waals surface area contributed by atoms with E-state index < -0.39 is 0 Å². The molecule has 26 heavy (non-hydrogen) atoms. The first-order valence-corrected chi connectivity index (χ1v) is 9.06. The van der Waals surface area contributed by atoms with E-state index in [1.54, 1.807) is 4.90 Å². The summed E-state index contributed by atoms with van der Waals surface area (Å²) < 4.78 is 0. The summed E-state index contributed by atoms with van der Waals surface area (Å²) in [5.41, 5.74) is 2.95. The van der Waals surface area contributed by atoms with Crippen molar-refractivity contribution in [1.29, 1.82) is 0 Å². The predicted octanol–water partition coefficient (Wildman–Crippen LogP) is 3.97. The van der Waals surface area contributed by atoms with Gasteiger partial charge in [-0.2, -0.15) is 0 Å². The third-order valence-corrected chi connectivity index (χ3v) is 4.79. The molecule has 0 radical (unpaired) electrons. The van der Waals surface area contributed by atoms with E-state index in [4.69, 9.17) is 0 Å². The van der Waals surface area contributed by atoms with Crippen LogP contribution in [0.25, 0.3) is 0 Å². The average molecular weight is 350 g/mol. The van der Waals surface area contributed by atoms with Gasteiger partial charge in [0.2, 0.25) is 11.8 Å². The fourth-order valence-corrected chi connectivity index (χ4v) is 3.39. The van der Waals surface area contributed by atoms with Crippen molar-refractivity contribution in [3.05, 3.63) is 65.7 Å². The first-order chi connectivity index (χ1) is 12.3. The molecular formula is C22H26N2O2. The third kappa shape index (κ3) is 4.13. The maximum absolute atomic E-state index is 12.7. The largest absolute Gasteiger partial charge is 0.338 e. The Morgan fingerprint density at radius 3 is 2.42 bits per heavy atom. The molecule has 1 aliphatic heterocycles. The number of rotatable bonds is 4. The molecule has 0 bridgehead atoms. The molecule has 0 unspecified atom stereocenters. The lowest BCUT2D eigenvalue weighted by Gasteiger charge is -2.23. The van der Waals surface area contributed by atoms with Crippen LogP contribution in [0.15, 0.2) is 54.6 Å². The van der Waals surface area contributed by atoms with Gasteiger partial charge >= 0.3 is 0 Å². The second-order valence-electron chi connectivity index (χ2n) is 7.95. The lowest BCUT2D eigenvalue weighted by atomic mass is 9.85. The molecule has 1 fully saturated rings. The van der Waals surface area contributed by atoms with Gasteiger partial charge in [0.15, 0.2) is 0 Å². The molecular weight excluding hydrogens is 324 g/mol. The van der Waals surface area contributed by atoms with Gasteiger partial charge < -0.3 is 10.2 Å². The highest BCUT2D eigenvalue weighted by Gasteiger charge is 2.34. The standard InChI is InChI=1S/C22H26N2O2/c1-22(2,3)18-11-7-8-12-19(18)23-21(26)17-13-20(25)24(15-17)14-16-9-5-4-6-10-16/h4-12,17H,13-15H2,1-3H3,(H,23,26)/t17-/m0/s1. The van der Waals surface area contributed by atoms with Crippen LogP contribution in [0, 0.1) is 5.92 Å². The zero-order valence-electron chi connectivity index (χ0n) is 15.7. The van der Waals surface area contributed by atoms with Gasteiger partial charge in [-0.1, -0.05) is 69.3 Å². The minimum absolute atomic E-state index is 0.0399. The molecule has 1 saturated heterocycles. The number of carbonyl (C=O) groups excluding carboxylic acids is 2. The molecule has 1 aliphatic rings. The molecule has 4 nitrogen and oxygen atoms in total. The van der Waals surface area contributed by atoms with Gasteiger partial charge in [-0.25, -0.2) is 0 Å². The smallest absolute Gasteiger partial charge is 0.229 e. The number of para-hydroxylation sites is 1. The fourth-order valence-electron chi connectivity index (χ4n) is 3.39. The topological polar surface area (TPSA) is 49.4 Å². The molecule has 0 aliphatic carbocycles. The first kappa shape index (κ1) is 18.2. The van der Waals surface area contributed by atoms with Crippen molar-refractivity contribution in [2.75, 3.05) is 11.9 Å².